The summed E-state index contributed by atoms with van der Waals surface area (Å²) in [5.41, 5.74) is 0.253. The molecule has 0 unspecified atom stereocenters. The van der Waals surface area contributed by atoms with Gasteiger partial charge in [0, 0.05) is 12.6 Å². The van der Waals surface area contributed by atoms with Crippen molar-refractivity contribution in [2.24, 2.45) is 5.92 Å². The Labute approximate surface area is 106 Å². The number of aromatic hydroxyl groups is 1. The van der Waals surface area contributed by atoms with Gasteiger partial charge in [-0.05, 0) is 18.1 Å². The summed E-state index contributed by atoms with van der Waals surface area (Å²) in [6, 6.07) is 4.13. The highest BCUT2D eigenvalue weighted by Crippen LogP contribution is 2.26. The van der Waals surface area contributed by atoms with Gasteiger partial charge in [0.2, 0.25) is 0 Å². The topological polar surface area (TPSA) is 78.4 Å². The Bertz CT molecular complexity index is 488. The summed E-state index contributed by atoms with van der Waals surface area (Å²) in [5.74, 6) is 0.0425. The largest absolute Gasteiger partial charge is 0.506 e. The SMILES string of the molecule is CC(C)CNS(=O)(=O)Nc1ccc(Cl)c(O)c1. The third kappa shape index (κ3) is 4.80. The van der Waals surface area contributed by atoms with Gasteiger partial charge in [-0.2, -0.15) is 13.1 Å². The van der Waals surface area contributed by atoms with Gasteiger partial charge in [-0.15, -0.1) is 0 Å². The number of halogens is 1. The molecule has 3 N–H and O–H groups in total. The van der Waals surface area contributed by atoms with Gasteiger partial charge in [0.05, 0.1) is 10.7 Å². The predicted octanol–water partition coefficient (Wildman–Crippen LogP) is 1.95. The van der Waals surface area contributed by atoms with E-state index in [-0.39, 0.29) is 22.4 Å². The van der Waals surface area contributed by atoms with Crippen LogP contribution in [0, 0.1) is 5.92 Å². The minimum absolute atomic E-state index is 0.170. The van der Waals surface area contributed by atoms with Gasteiger partial charge in [-0.1, -0.05) is 25.4 Å². The summed E-state index contributed by atoms with van der Waals surface area (Å²) in [4.78, 5) is 0. The summed E-state index contributed by atoms with van der Waals surface area (Å²) in [7, 11) is -3.61. The Morgan fingerprint density at radius 1 is 1.41 bits per heavy atom. The molecule has 1 aromatic rings. The number of nitrogens with one attached hydrogen (secondary N) is 2. The van der Waals surface area contributed by atoms with E-state index < -0.39 is 10.2 Å². The smallest absolute Gasteiger partial charge is 0.299 e. The predicted molar refractivity (Wildman–Crippen MR) is 68.5 cm³/mol. The van der Waals surface area contributed by atoms with Gasteiger partial charge in [0.1, 0.15) is 5.75 Å². The first-order valence-corrected chi connectivity index (χ1v) is 6.92. The van der Waals surface area contributed by atoms with E-state index in [1.165, 1.54) is 18.2 Å². The van der Waals surface area contributed by atoms with E-state index in [1.807, 2.05) is 13.8 Å². The van der Waals surface area contributed by atoms with Crippen LogP contribution in [0.5, 0.6) is 5.75 Å². The number of phenols is 1. The lowest BCUT2D eigenvalue weighted by Gasteiger charge is -2.11. The summed E-state index contributed by atoms with van der Waals surface area (Å²) in [5, 5.41) is 9.50. The van der Waals surface area contributed by atoms with Gasteiger partial charge >= 0.3 is 0 Å². The molecule has 0 aliphatic heterocycles. The molecule has 1 rings (SSSR count). The van der Waals surface area contributed by atoms with Gasteiger partial charge in [-0.25, -0.2) is 0 Å². The van der Waals surface area contributed by atoms with Gasteiger partial charge in [-0.3, -0.25) is 4.72 Å². The van der Waals surface area contributed by atoms with Crippen molar-refractivity contribution < 1.29 is 13.5 Å². The number of hydrogen-bond acceptors (Lipinski definition) is 3. The van der Waals surface area contributed by atoms with Crippen molar-refractivity contribution >= 4 is 27.5 Å². The Morgan fingerprint density at radius 2 is 2.06 bits per heavy atom. The van der Waals surface area contributed by atoms with Crippen LogP contribution < -0.4 is 9.44 Å². The van der Waals surface area contributed by atoms with Crippen molar-refractivity contribution in [2.75, 3.05) is 11.3 Å². The molecule has 0 saturated carbocycles. The van der Waals surface area contributed by atoms with Gasteiger partial charge in [0.15, 0.2) is 0 Å². The van der Waals surface area contributed by atoms with Crippen LogP contribution in [0.2, 0.25) is 5.02 Å². The van der Waals surface area contributed by atoms with Crippen LogP contribution in [0.4, 0.5) is 5.69 Å². The second kappa shape index (κ2) is 5.57. The standard InChI is InChI=1S/C10H15ClN2O3S/c1-7(2)6-12-17(15,16)13-8-3-4-9(11)10(14)5-8/h3-5,7,12-14H,6H2,1-2H3. The fourth-order valence-corrected chi connectivity index (χ4v) is 2.22. The van der Waals surface area contributed by atoms with E-state index in [4.69, 9.17) is 11.6 Å². The molecule has 0 bridgehead atoms. The second-order valence-electron chi connectivity index (χ2n) is 4.01. The first-order valence-electron chi connectivity index (χ1n) is 5.06. The lowest BCUT2D eigenvalue weighted by Crippen LogP contribution is -2.32. The number of rotatable bonds is 5. The molecule has 96 valence electrons. The number of anilines is 1. The quantitative estimate of drug-likeness (QED) is 0.770. The van der Waals surface area contributed by atoms with Gasteiger partial charge < -0.3 is 5.11 Å². The molecule has 17 heavy (non-hydrogen) atoms. The Kier molecular flexibility index (Phi) is 4.62. The monoisotopic (exact) mass is 278 g/mol. The fraction of sp³-hybridized carbons (Fsp3) is 0.400. The molecule has 5 nitrogen and oxygen atoms in total. The maximum atomic E-state index is 11.6. The van der Waals surface area contributed by atoms with Crippen LogP contribution >= 0.6 is 11.6 Å². The summed E-state index contributed by atoms with van der Waals surface area (Å²) in [6.07, 6.45) is 0. The van der Waals surface area contributed by atoms with Crippen molar-refractivity contribution in [3.8, 4) is 5.75 Å². The van der Waals surface area contributed by atoms with Crippen molar-refractivity contribution in [2.45, 2.75) is 13.8 Å². The first kappa shape index (κ1) is 14.1. The third-order valence-corrected chi connectivity index (χ3v) is 3.25. The Morgan fingerprint density at radius 3 is 2.59 bits per heavy atom. The lowest BCUT2D eigenvalue weighted by atomic mass is 10.2. The molecular weight excluding hydrogens is 264 g/mol. The number of benzene rings is 1. The van der Waals surface area contributed by atoms with Crippen molar-refractivity contribution in [1.82, 2.24) is 4.72 Å². The Balaban J connectivity index is 2.73. The van der Waals surface area contributed by atoms with Crippen LogP contribution in [0.25, 0.3) is 0 Å². The zero-order chi connectivity index (χ0) is 13.1. The van der Waals surface area contributed by atoms with E-state index in [0.717, 1.165) is 0 Å². The lowest BCUT2D eigenvalue weighted by molar-refractivity contribution is 0.476. The number of hydrogen-bond donors (Lipinski definition) is 3. The molecular formula is C10H15ClN2O3S. The van der Waals surface area contributed by atoms with Crippen LogP contribution in [0.1, 0.15) is 13.8 Å². The molecule has 0 fully saturated rings. The molecule has 0 amide bonds. The van der Waals surface area contributed by atoms with Crippen LogP contribution in [-0.2, 0) is 10.2 Å². The average molecular weight is 279 g/mol. The van der Waals surface area contributed by atoms with Crippen LogP contribution in [0.3, 0.4) is 0 Å². The molecule has 0 heterocycles. The highest BCUT2D eigenvalue weighted by atomic mass is 35.5. The maximum Gasteiger partial charge on any atom is 0.299 e. The molecule has 0 aromatic heterocycles. The number of phenolic OH excluding ortho intramolecular Hbond substituents is 1. The van der Waals surface area contributed by atoms with Crippen LogP contribution in [0.15, 0.2) is 18.2 Å². The third-order valence-electron chi connectivity index (χ3n) is 1.88. The van der Waals surface area contributed by atoms with E-state index in [9.17, 15) is 13.5 Å². The van der Waals surface area contributed by atoms with E-state index in [1.54, 1.807) is 0 Å². The van der Waals surface area contributed by atoms with E-state index in [0.29, 0.717) is 6.54 Å². The highest BCUT2D eigenvalue weighted by molar-refractivity contribution is 7.90. The molecule has 0 aliphatic carbocycles. The average Bonchev–Trinajstić information content (AvgIpc) is 2.21. The van der Waals surface area contributed by atoms with E-state index in [2.05, 4.69) is 9.44 Å². The molecule has 0 spiro atoms. The normalized spacial score (nSPS) is 11.8. The molecule has 0 atom stereocenters. The Hall–Kier alpha value is -0.980. The molecule has 7 heteroatoms. The summed E-state index contributed by atoms with van der Waals surface area (Å²) >= 11 is 5.61. The zero-order valence-electron chi connectivity index (χ0n) is 9.57. The zero-order valence-corrected chi connectivity index (χ0v) is 11.1. The molecule has 1 aromatic carbocycles. The maximum absolute atomic E-state index is 11.6. The van der Waals surface area contributed by atoms with Crippen molar-refractivity contribution in [1.29, 1.82) is 0 Å². The van der Waals surface area contributed by atoms with Crippen LogP contribution in [-0.4, -0.2) is 20.1 Å². The van der Waals surface area contributed by atoms with E-state index >= 15 is 0 Å². The molecule has 0 aliphatic rings. The second-order valence-corrected chi connectivity index (χ2v) is 5.92. The summed E-state index contributed by atoms with van der Waals surface area (Å²) < 4.78 is 27.8. The van der Waals surface area contributed by atoms with Crippen molar-refractivity contribution in [3.63, 3.8) is 0 Å². The minimum atomic E-state index is -3.61. The molecule has 0 radical (unpaired) electrons. The highest BCUT2D eigenvalue weighted by Gasteiger charge is 2.11. The van der Waals surface area contributed by atoms with Gasteiger partial charge in [0.25, 0.3) is 10.2 Å². The first-order chi connectivity index (χ1) is 7.80. The minimum Gasteiger partial charge on any atom is -0.506 e. The molecule has 0 saturated heterocycles. The summed E-state index contributed by atoms with van der Waals surface area (Å²) in [6.45, 7) is 4.14. The fourth-order valence-electron chi connectivity index (χ4n) is 1.04. The van der Waals surface area contributed by atoms with Crippen molar-refractivity contribution in [3.05, 3.63) is 23.2 Å².